The molecule has 9 heteroatoms. The Morgan fingerprint density at radius 3 is 2.31 bits per heavy atom. The Morgan fingerprint density at radius 1 is 0.969 bits per heavy atom. The van der Waals surface area contributed by atoms with Crippen molar-refractivity contribution in [2.75, 3.05) is 18.9 Å². The van der Waals surface area contributed by atoms with Gasteiger partial charge in [0.15, 0.2) is 0 Å². The van der Waals surface area contributed by atoms with E-state index in [4.69, 9.17) is 21.1 Å². The molecule has 0 radical (unpaired) electrons. The second-order valence-electron chi connectivity index (χ2n) is 6.92. The molecule has 0 saturated carbocycles. The van der Waals surface area contributed by atoms with Crippen molar-refractivity contribution in [2.24, 2.45) is 0 Å². The third-order valence-corrected chi connectivity index (χ3v) is 6.48. The molecule has 0 saturated heterocycles. The quantitative estimate of drug-likeness (QED) is 0.495. The maximum atomic E-state index is 12.8. The summed E-state index contributed by atoms with van der Waals surface area (Å²) in [7, 11) is -0.662. The number of anilines is 1. The zero-order chi connectivity index (χ0) is 23.3. The van der Waals surface area contributed by atoms with E-state index >= 15 is 0 Å². The molecule has 3 rings (SSSR count). The number of nitrogens with one attached hydrogen (secondary N) is 2. The van der Waals surface area contributed by atoms with Gasteiger partial charge < -0.3 is 14.8 Å². The molecule has 32 heavy (non-hydrogen) atoms. The van der Waals surface area contributed by atoms with Crippen molar-refractivity contribution in [2.45, 2.75) is 17.9 Å². The Labute approximate surface area is 192 Å². The highest BCUT2D eigenvalue weighted by Crippen LogP contribution is 2.30. The van der Waals surface area contributed by atoms with Crippen molar-refractivity contribution in [3.8, 4) is 11.5 Å². The average molecular weight is 475 g/mol. The van der Waals surface area contributed by atoms with Gasteiger partial charge in [0.2, 0.25) is 0 Å². The van der Waals surface area contributed by atoms with Crippen LogP contribution in [0, 0.1) is 0 Å². The smallest absolute Gasteiger partial charge is 0.261 e. The first kappa shape index (κ1) is 23.4. The fourth-order valence-corrected chi connectivity index (χ4v) is 4.44. The first-order chi connectivity index (χ1) is 15.2. The molecule has 168 valence electrons. The van der Waals surface area contributed by atoms with Crippen LogP contribution in [0.2, 0.25) is 5.02 Å². The van der Waals surface area contributed by atoms with Gasteiger partial charge in [0.05, 0.1) is 41.4 Å². The third-order valence-electron chi connectivity index (χ3n) is 4.77. The van der Waals surface area contributed by atoms with Crippen molar-refractivity contribution in [1.82, 2.24) is 5.32 Å². The summed E-state index contributed by atoms with van der Waals surface area (Å²) in [5, 5.41) is 2.99. The third kappa shape index (κ3) is 5.33. The van der Waals surface area contributed by atoms with Crippen molar-refractivity contribution >= 4 is 33.2 Å². The van der Waals surface area contributed by atoms with E-state index in [0.29, 0.717) is 11.5 Å². The fraction of sp³-hybridized carbons (Fsp3) is 0.174. The summed E-state index contributed by atoms with van der Waals surface area (Å²) in [6.07, 6.45) is 0. The minimum Gasteiger partial charge on any atom is -0.497 e. The summed E-state index contributed by atoms with van der Waals surface area (Å²) in [6, 6.07) is 17.2. The highest BCUT2D eigenvalue weighted by molar-refractivity contribution is 7.92. The Bertz CT molecular complexity index is 1220. The molecule has 0 aromatic heterocycles. The number of carbonyl (C=O) groups excluding carboxylic acids is 1. The highest BCUT2D eigenvalue weighted by atomic mass is 35.5. The average Bonchev–Trinajstić information content (AvgIpc) is 2.78. The van der Waals surface area contributed by atoms with E-state index in [1.165, 1.54) is 30.3 Å². The molecule has 1 unspecified atom stereocenters. The van der Waals surface area contributed by atoms with E-state index in [1.807, 2.05) is 6.92 Å². The van der Waals surface area contributed by atoms with Crippen molar-refractivity contribution in [3.63, 3.8) is 0 Å². The molecule has 0 aliphatic heterocycles. The number of halogens is 1. The SMILES string of the molecule is COc1ccc(OC)c(C(C)NC(=O)c2ccc(NS(=O)(=O)c3ccccc3)cc2Cl)c1. The second-order valence-corrected chi connectivity index (χ2v) is 9.01. The molecule has 7 nitrogen and oxygen atoms in total. The van der Waals surface area contributed by atoms with E-state index < -0.39 is 22.0 Å². The van der Waals surface area contributed by atoms with Crippen LogP contribution in [0.3, 0.4) is 0 Å². The molecule has 1 atom stereocenters. The van der Waals surface area contributed by atoms with Crippen molar-refractivity contribution < 1.29 is 22.7 Å². The van der Waals surface area contributed by atoms with Crippen LogP contribution in [0.1, 0.15) is 28.9 Å². The molecule has 3 aromatic rings. The van der Waals surface area contributed by atoms with Gasteiger partial charge in [-0.2, -0.15) is 0 Å². The summed E-state index contributed by atoms with van der Waals surface area (Å²) < 4.78 is 38.1. The maximum Gasteiger partial charge on any atom is 0.261 e. The molecule has 0 bridgehead atoms. The van der Waals surface area contributed by atoms with Crippen LogP contribution >= 0.6 is 11.6 Å². The molecular formula is C23H23ClN2O5S. The predicted molar refractivity (Wildman–Crippen MR) is 124 cm³/mol. The lowest BCUT2D eigenvalue weighted by molar-refractivity contribution is 0.0939. The van der Waals surface area contributed by atoms with Gasteiger partial charge in [-0.15, -0.1) is 0 Å². The number of benzene rings is 3. The van der Waals surface area contributed by atoms with E-state index in [-0.39, 0.29) is 21.2 Å². The number of sulfonamides is 1. The Hall–Kier alpha value is -3.23. The Kier molecular flexibility index (Phi) is 7.27. The van der Waals surface area contributed by atoms with Gasteiger partial charge in [-0.05, 0) is 55.5 Å². The zero-order valence-electron chi connectivity index (χ0n) is 17.8. The molecule has 0 aliphatic rings. The lowest BCUT2D eigenvalue weighted by atomic mass is 10.1. The molecule has 0 fully saturated rings. The molecule has 3 aromatic carbocycles. The second kappa shape index (κ2) is 9.93. The van der Waals surface area contributed by atoms with Gasteiger partial charge >= 0.3 is 0 Å². The minimum absolute atomic E-state index is 0.112. The van der Waals surface area contributed by atoms with Gasteiger partial charge in [-0.25, -0.2) is 8.42 Å². The number of hydrogen-bond acceptors (Lipinski definition) is 5. The molecule has 1 amide bonds. The van der Waals surface area contributed by atoms with Crippen molar-refractivity contribution in [3.05, 3.63) is 82.9 Å². The maximum absolute atomic E-state index is 12.8. The van der Waals surface area contributed by atoms with Gasteiger partial charge in [0, 0.05) is 5.56 Å². The first-order valence-electron chi connectivity index (χ1n) is 9.65. The normalized spacial score (nSPS) is 12.0. The lowest BCUT2D eigenvalue weighted by Gasteiger charge is -2.19. The first-order valence-corrected chi connectivity index (χ1v) is 11.5. The standard InChI is InChI=1S/C23H23ClN2O5S/c1-15(20-14-17(30-2)10-12-22(20)31-3)25-23(27)19-11-9-16(13-21(19)24)26-32(28,29)18-7-5-4-6-8-18/h4-15,26H,1-3H3,(H,25,27). The van der Waals surface area contributed by atoms with Gasteiger partial charge in [0.1, 0.15) is 11.5 Å². The summed E-state index contributed by atoms with van der Waals surface area (Å²) in [4.78, 5) is 12.9. The molecular weight excluding hydrogens is 452 g/mol. The summed E-state index contributed by atoms with van der Waals surface area (Å²) in [5.41, 5.74) is 1.20. The van der Waals surface area contributed by atoms with Gasteiger partial charge in [0.25, 0.3) is 15.9 Å². The predicted octanol–water partition coefficient (Wildman–Crippen LogP) is 4.65. The lowest BCUT2D eigenvalue weighted by Crippen LogP contribution is -2.27. The van der Waals surface area contributed by atoms with Crippen molar-refractivity contribution in [1.29, 1.82) is 0 Å². The number of carbonyl (C=O) groups is 1. The monoisotopic (exact) mass is 474 g/mol. The van der Waals surface area contributed by atoms with Crippen LogP contribution in [0.5, 0.6) is 11.5 Å². The zero-order valence-corrected chi connectivity index (χ0v) is 19.3. The summed E-state index contributed by atoms with van der Waals surface area (Å²) in [6.45, 7) is 1.81. The minimum atomic E-state index is -3.77. The molecule has 0 spiro atoms. The number of methoxy groups -OCH3 is 2. The largest absolute Gasteiger partial charge is 0.497 e. The molecule has 2 N–H and O–H groups in total. The van der Waals surface area contributed by atoms with E-state index in [0.717, 1.165) is 5.56 Å². The van der Waals surface area contributed by atoms with E-state index in [2.05, 4.69) is 10.0 Å². The number of rotatable bonds is 8. The Morgan fingerprint density at radius 2 is 1.69 bits per heavy atom. The highest BCUT2D eigenvalue weighted by Gasteiger charge is 2.19. The van der Waals surface area contributed by atoms with Crippen LogP contribution in [-0.2, 0) is 10.0 Å². The summed E-state index contributed by atoms with van der Waals surface area (Å²) in [5.74, 6) is 0.829. The fourth-order valence-electron chi connectivity index (χ4n) is 3.11. The number of hydrogen-bond donors (Lipinski definition) is 2. The van der Waals surface area contributed by atoms with Crippen LogP contribution in [0.4, 0.5) is 5.69 Å². The van der Waals surface area contributed by atoms with Crippen LogP contribution < -0.4 is 19.5 Å². The Balaban J connectivity index is 1.77. The molecule has 0 heterocycles. The van der Waals surface area contributed by atoms with Gasteiger partial charge in [-0.3, -0.25) is 9.52 Å². The topological polar surface area (TPSA) is 93.7 Å². The van der Waals surface area contributed by atoms with Crippen LogP contribution in [0.25, 0.3) is 0 Å². The van der Waals surface area contributed by atoms with Gasteiger partial charge in [-0.1, -0.05) is 29.8 Å². The number of amides is 1. The summed E-state index contributed by atoms with van der Waals surface area (Å²) >= 11 is 6.29. The van der Waals surface area contributed by atoms with E-state index in [9.17, 15) is 13.2 Å². The van der Waals surface area contributed by atoms with Crippen LogP contribution in [-0.4, -0.2) is 28.5 Å². The van der Waals surface area contributed by atoms with Crippen LogP contribution in [0.15, 0.2) is 71.6 Å². The molecule has 0 aliphatic carbocycles. The number of ether oxygens (including phenoxy) is 2. The van der Waals surface area contributed by atoms with E-state index in [1.54, 1.807) is 50.6 Å².